The molecule has 0 radical (unpaired) electrons. The van der Waals surface area contributed by atoms with Crippen molar-refractivity contribution >= 4 is 17.7 Å². The van der Waals surface area contributed by atoms with E-state index in [0.29, 0.717) is 22.7 Å². The maximum absolute atomic E-state index is 11.5. The molecule has 0 atom stereocenters. The van der Waals surface area contributed by atoms with Crippen molar-refractivity contribution in [3.05, 3.63) is 84.1 Å². The third-order valence-corrected chi connectivity index (χ3v) is 4.42. The Kier molecular flexibility index (Phi) is 5.22. The summed E-state index contributed by atoms with van der Waals surface area (Å²) in [4.78, 5) is 11.5. The van der Waals surface area contributed by atoms with Gasteiger partial charge in [-0.25, -0.2) is 4.79 Å². The van der Waals surface area contributed by atoms with Gasteiger partial charge in [0.1, 0.15) is 17.4 Å². The maximum atomic E-state index is 11.5. The Labute approximate surface area is 172 Å². The van der Waals surface area contributed by atoms with E-state index in [9.17, 15) is 10.1 Å². The first-order valence-electron chi connectivity index (χ1n) is 9.08. The topological polar surface area (TPSA) is 101 Å². The van der Waals surface area contributed by atoms with Crippen LogP contribution < -0.4 is 5.32 Å². The van der Waals surface area contributed by atoms with Crippen LogP contribution in [0.3, 0.4) is 0 Å². The highest BCUT2D eigenvalue weighted by Gasteiger charge is 2.23. The Balaban J connectivity index is 1.80. The molecule has 0 amide bonds. The summed E-state index contributed by atoms with van der Waals surface area (Å²) in [6.07, 6.45) is 0. The van der Waals surface area contributed by atoms with Crippen molar-refractivity contribution in [3.63, 3.8) is 0 Å². The van der Waals surface area contributed by atoms with Crippen LogP contribution in [0.4, 0.5) is 11.7 Å². The highest BCUT2D eigenvalue weighted by atomic mass is 16.5. The van der Waals surface area contributed by atoms with Crippen LogP contribution in [-0.4, -0.2) is 23.3 Å². The Morgan fingerprint density at radius 3 is 2.20 bits per heavy atom. The fourth-order valence-corrected chi connectivity index (χ4v) is 3.03. The molecule has 7 heteroatoms. The average molecular weight is 396 g/mol. The molecule has 146 valence electrons. The molecule has 0 fully saturated rings. The predicted octanol–water partition coefficient (Wildman–Crippen LogP) is 4.81. The number of esters is 1. The zero-order valence-electron chi connectivity index (χ0n) is 16.0. The lowest BCUT2D eigenvalue weighted by Crippen LogP contribution is -2.06. The molecule has 0 spiro atoms. The van der Waals surface area contributed by atoms with Crippen molar-refractivity contribution in [1.29, 1.82) is 5.26 Å². The van der Waals surface area contributed by atoms with Crippen LogP contribution in [0.5, 0.6) is 0 Å². The molecule has 0 aliphatic heterocycles. The van der Waals surface area contributed by atoms with Gasteiger partial charge in [0.2, 0.25) is 5.88 Å². The molecule has 1 N–H and O–H groups in total. The summed E-state index contributed by atoms with van der Waals surface area (Å²) in [6, 6.07) is 24.4. The zero-order chi connectivity index (χ0) is 20.9. The van der Waals surface area contributed by atoms with E-state index in [1.807, 2.05) is 60.7 Å². The highest BCUT2D eigenvalue weighted by Crippen LogP contribution is 2.41. The minimum absolute atomic E-state index is 0.0814. The van der Waals surface area contributed by atoms with E-state index in [1.165, 1.54) is 13.2 Å². The zero-order valence-corrected chi connectivity index (χ0v) is 16.0. The second kappa shape index (κ2) is 8.29. The van der Waals surface area contributed by atoms with Gasteiger partial charge in [-0.1, -0.05) is 60.7 Å². The molecule has 0 saturated carbocycles. The minimum atomic E-state index is -0.581. The molecule has 4 rings (SSSR count). The predicted molar refractivity (Wildman–Crippen MR) is 111 cm³/mol. The van der Waals surface area contributed by atoms with Crippen molar-refractivity contribution in [3.8, 4) is 28.5 Å². The summed E-state index contributed by atoms with van der Waals surface area (Å²) in [5, 5.41) is 20.7. The number of benzene rings is 2. The Bertz CT molecular complexity index is 1210. The number of furan rings is 1. The number of rotatable bonds is 5. The number of nitrogens with one attached hydrogen (secondary N) is 1. The number of aromatic nitrogens is 2. The van der Waals surface area contributed by atoms with Crippen molar-refractivity contribution in [2.24, 2.45) is 0 Å². The molecule has 0 unspecified atom stereocenters. The van der Waals surface area contributed by atoms with Crippen molar-refractivity contribution in [2.45, 2.75) is 0 Å². The fourth-order valence-electron chi connectivity index (χ4n) is 3.03. The summed E-state index contributed by atoms with van der Waals surface area (Å²) in [5.74, 6) is 0.560. The maximum Gasteiger partial charge on any atom is 0.358 e. The van der Waals surface area contributed by atoms with Gasteiger partial charge in [0, 0.05) is 11.1 Å². The number of nitriles is 1. The van der Waals surface area contributed by atoms with Gasteiger partial charge in [0.25, 0.3) is 0 Å². The monoisotopic (exact) mass is 396 g/mol. The Morgan fingerprint density at radius 2 is 1.63 bits per heavy atom. The van der Waals surface area contributed by atoms with Crippen molar-refractivity contribution < 1.29 is 13.9 Å². The molecular formula is C23H16N4O3. The van der Waals surface area contributed by atoms with Gasteiger partial charge in [0.05, 0.1) is 7.11 Å². The lowest BCUT2D eigenvalue weighted by Gasteiger charge is -2.03. The third kappa shape index (κ3) is 3.62. The van der Waals surface area contributed by atoms with Crippen LogP contribution in [-0.2, 0) is 4.74 Å². The molecule has 2 heterocycles. The molecule has 0 aliphatic rings. The van der Waals surface area contributed by atoms with Crippen molar-refractivity contribution in [2.75, 3.05) is 12.4 Å². The van der Waals surface area contributed by atoms with Crippen LogP contribution in [0.25, 0.3) is 22.5 Å². The van der Waals surface area contributed by atoms with Crippen molar-refractivity contribution in [1.82, 2.24) is 10.2 Å². The van der Waals surface area contributed by atoms with Gasteiger partial charge in [0.15, 0.2) is 11.5 Å². The molecule has 2 aromatic heterocycles. The van der Waals surface area contributed by atoms with Gasteiger partial charge in [-0.15, -0.1) is 10.2 Å². The standard InChI is InChI=1S/C23H16N4O3/c1-29-23(28)18-12-13-19(27-26-18)25-22-17(14-24)20(15-8-4-2-5-9-15)21(30-22)16-10-6-3-7-11-16/h2-13H,1H3,(H,25,27). The number of hydrogen-bond acceptors (Lipinski definition) is 7. The number of hydrogen-bond donors (Lipinski definition) is 1. The summed E-state index contributed by atoms with van der Waals surface area (Å²) in [6.45, 7) is 0. The van der Waals surface area contributed by atoms with Gasteiger partial charge < -0.3 is 14.5 Å². The van der Waals surface area contributed by atoms with E-state index in [1.54, 1.807) is 6.07 Å². The number of carbonyl (C=O) groups is 1. The van der Waals surface area contributed by atoms with Crippen LogP contribution in [0.1, 0.15) is 16.1 Å². The molecule has 2 aromatic carbocycles. The first-order chi connectivity index (χ1) is 14.7. The molecule has 4 aromatic rings. The normalized spacial score (nSPS) is 10.3. The molecule has 7 nitrogen and oxygen atoms in total. The van der Waals surface area contributed by atoms with Gasteiger partial charge in [-0.2, -0.15) is 5.26 Å². The number of nitrogens with zero attached hydrogens (tertiary/aromatic N) is 3. The summed E-state index contributed by atoms with van der Waals surface area (Å²) in [5.41, 5.74) is 2.81. The van der Waals surface area contributed by atoms with Gasteiger partial charge in [-0.3, -0.25) is 0 Å². The average Bonchev–Trinajstić information content (AvgIpc) is 3.18. The van der Waals surface area contributed by atoms with Crippen LogP contribution in [0, 0.1) is 11.3 Å². The first-order valence-corrected chi connectivity index (χ1v) is 9.08. The van der Waals surface area contributed by atoms with E-state index in [2.05, 4.69) is 26.3 Å². The second-order valence-electron chi connectivity index (χ2n) is 6.27. The summed E-state index contributed by atoms with van der Waals surface area (Å²) in [7, 11) is 1.27. The molecule has 30 heavy (non-hydrogen) atoms. The van der Waals surface area contributed by atoms with E-state index in [0.717, 1.165) is 11.1 Å². The Hall–Kier alpha value is -4.44. The number of anilines is 2. The largest absolute Gasteiger partial charge is 0.464 e. The minimum Gasteiger partial charge on any atom is -0.464 e. The highest BCUT2D eigenvalue weighted by molar-refractivity contribution is 5.89. The lowest BCUT2D eigenvalue weighted by atomic mass is 9.98. The van der Waals surface area contributed by atoms with Gasteiger partial charge in [-0.05, 0) is 17.7 Å². The fraction of sp³-hybridized carbons (Fsp3) is 0.0435. The second-order valence-corrected chi connectivity index (χ2v) is 6.27. The summed E-state index contributed by atoms with van der Waals surface area (Å²) >= 11 is 0. The molecular weight excluding hydrogens is 380 g/mol. The van der Waals surface area contributed by atoms with E-state index < -0.39 is 5.97 Å². The van der Waals surface area contributed by atoms with Crippen LogP contribution in [0.2, 0.25) is 0 Å². The van der Waals surface area contributed by atoms with Crippen LogP contribution in [0.15, 0.2) is 77.2 Å². The first kappa shape index (κ1) is 18.9. The van der Waals surface area contributed by atoms with E-state index in [-0.39, 0.29) is 11.6 Å². The third-order valence-electron chi connectivity index (χ3n) is 4.42. The lowest BCUT2D eigenvalue weighted by molar-refractivity contribution is 0.0593. The smallest absolute Gasteiger partial charge is 0.358 e. The number of methoxy groups -OCH3 is 1. The molecule has 0 aliphatic carbocycles. The molecule has 0 bridgehead atoms. The van der Waals surface area contributed by atoms with Crippen LogP contribution >= 0.6 is 0 Å². The van der Waals surface area contributed by atoms with E-state index >= 15 is 0 Å². The number of carbonyl (C=O) groups excluding carboxylic acids is 1. The quantitative estimate of drug-likeness (QED) is 0.483. The Morgan fingerprint density at radius 1 is 0.967 bits per heavy atom. The SMILES string of the molecule is COC(=O)c1ccc(Nc2oc(-c3ccccc3)c(-c3ccccc3)c2C#N)nn1. The van der Waals surface area contributed by atoms with E-state index in [4.69, 9.17) is 4.42 Å². The molecule has 0 saturated heterocycles. The number of ether oxygens (including phenoxy) is 1. The summed E-state index contributed by atoms with van der Waals surface area (Å²) < 4.78 is 10.7. The van der Waals surface area contributed by atoms with Gasteiger partial charge >= 0.3 is 5.97 Å².